The van der Waals surface area contributed by atoms with E-state index >= 15 is 0 Å². The summed E-state index contributed by atoms with van der Waals surface area (Å²) in [5, 5.41) is 10.3. The number of thioether (sulfide) groups is 1. The van der Waals surface area contributed by atoms with Crippen LogP contribution in [0.3, 0.4) is 0 Å². The molecule has 7 nitrogen and oxygen atoms in total. The van der Waals surface area contributed by atoms with E-state index in [1.54, 1.807) is 36.0 Å². The molecule has 0 aliphatic heterocycles. The standard InChI is InChI=1S/C18H17N5O2S2/c24-16-14-9-5-4-8-13(14)15(20-21-16)17(25)22-23-18(26)19-10-11-27-12-6-2-1-3-7-12/h1-9H,10-11H2,(H,21,24)(H,22,25)(H2,19,23,26). The second kappa shape index (κ2) is 9.15. The van der Waals surface area contributed by atoms with E-state index in [1.807, 2.05) is 30.3 Å². The number of rotatable bonds is 5. The summed E-state index contributed by atoms with van der Waals surface area (Å²) in [7, 11) is 0. The minimum atomic E-state index is -0.495. The molecule has 0 spiro atoms. The Kier molecular flexibility index (Phi) is 6.39. The lowest BCUT2D eigenvalue weighted by molar-refractivity contribution is 0.0939. The Morgan fingerprint density at radius 2 is 1.74 bits per heavy atom. The highest BCUT2D eigenvalue weighted by Gasteiger charge is 2.13. The van der Waals surface area contributed by atoms with Crippen LogP contribution in [0.15, 0.2) is 64.3 Å². The quantitative estimate of drug-likeness (QED) is 0.225. The number of carbonyl (C=O) groups is 1. The van der Waals surface area contributed by atoms with E-state index < -0.39 is 5.91 Å². The molecule has 1 heterocycles. The Bertz CT molecular complexity index is 1010. The number of fused-ring (bicyclic) bond motifs is 1. The van der Waals surface area contributed by atoms with Gasteiger partial charge in [0.2, 0.25) is 0 Å². The van der Waals surface area contributed by atoms with Crippen molar-refractivity contribution in [2.45, 2.75) is 4.90 Å². The van der Waals surface area contributed by atoms with Crippen LogP contribution in [-0.2, 0) is 0 Å². The van der Waals surface area contributed by atoms with Crippen molar-refractivity contribution in [3.05, 3.63) is 70.6 Å². The number of aromatic nitrogens is 2. The van der Waals surface area contributed by atoms with Crippen LogP contribution in [0, 0.1) is 0 Å². The molecule has 1 aromatic heterocycles. The molecule has 3 aromatic rings. The largest absolute Gasteiger partial charge is 0.361 e. The number of hydrazine groups is 1. The highest BCUT2D eigenvalue weighted by Crippen LogP contribution is 2.15. The topological polar surface area (TPSA) is 98.9 Å². The molecular formula is C18H17N5O2S2. The summed E-state index contributed by atoms with van der Waals surface area (Å²) >= 11 is 6.85. The van der Waals surface area contributed by atoms with Gasteiger partial charge in [-0.15, -0.1) is 11.8 Å². The molecule has 0 atom stereocenters. The van der Waals surface area contributed by atoms with Crippen LogP contribution in [0.5, 0.6) is 0 Å². The molecule has 2 aromatic carbocycles. The summed E-state index contributed by atoms with van der Waals surface area (Å²) in [6, 6.07) is 16.8. The minimum absolute atomic E-state index is 0.111. The van der Waals surface area contributed by atoms with Crippen LogP contribution in [0.1, 0.15) is 10.5 Å². The third-order valence-electron chi connectivity index (χ3n) is 3.60. The summed E-state index contributed by atoms with van der Waals surface area (Å²) in [6.45, 7) is 0.640. The second-order valence-electron chi connectivity index (χ2n) is 5.44. The minimum Gasteiger partial charge on any atom is -0.361 e. The summed E-state index contributed by atoms with van der Waals surface area (Å²) in [4.78, 5) is 25.3. The van der Waals surface area contributed by atoms with Gasteiger partial charge in [0.25, 0.3) is 11.5 Å². The number of nitrogens with one attached hydrogen (secondary N) is 4. The van der Waals surface area contributed by atoms with Crippen molar-refractivity contribution >= 4 is 45.8 Å². The van der Waals surface area contributed by atoms with Crippen molar-refractivity contribution in [2.24, 2.45) is 0 Å². The molecule has 4 N–H and O–H groups in total. The predicted octanol–water partition coefficient (Wildman–Crippen LogP) is 1.82. The lowest BCUT2D eigenvalue weighted by Crippen LogP contribution is -2.47. The van der Waals surface area contributed by atoms with Gasteiger partial charge in [-0.1, -0.05) is 36.4 Å². The smallest absolute Gasteiger partial charge is 0.290 e. The maximum Gasteiger partial charge on any atom is 0.290 e. The lowest BCUT2D eigenvalue weighted by Gasteiger charge is -2.11. The first kappa shape index (κ1) is 18.9. The summed E-state index contributed by atoms with van der Waals surface area (Å²) < 4.78 is 0. The molecule has 0 unspecified atom stereocenters. The van der Waals surface area contributed by atoms with Crippen LogP contribution in [0.2, 0.25) is 0 Å². The zero-order valence-electron chi connectivity index (χ0n) is 14.2. The maximum absolute atomic E-state index is 12.3. The fourth-order valence-corrected chi connectivity index (χ4v) is 3.30. The van der Waals surface area contributed by atoms with Crippen molar-refractivity contribution in [2.75, 3.05) is 12.3 Å². The Morgan fingerprint density at radius 3 is 2.52 bits per heavy atom. The number of H-pyrrole nitrogens is 1. The van der Waals surface area contributed by atoms with E-state index in [9.17, 15) is 9.59 Å². The zero-order valence-corrected chi connectivity index (χ0v) is 15.8. The maximum atomic E-state index is 12.3. The van der Waals surface area contributed by atoms with Gasteiger partial charge >= 0.3 is 0 Å². The number of carbonyl (C=O) groups excluding carboxylic acids is 1. The van der Waals surface area contributed by atoms with Gasteiger partial charge in [-0.25, -0.2) is 5.10 Å². The highest BCUT2D eigenvalue weighted by atomic mass is 32.2. The number of hydrogen-bond donors (Lipinski definition) is 4. The van der Waals surface area contributed by atoms with E-state index in [4.69, 9.17) is 12.2 Å². The Hall–Kier alpha value is -2.91. The average molecular weight is 400 g/mol. The normalized spacial score (nSPS) is 10.4. The second-order valence-corrected chi connectivity index (χ2v) is 7.02. The van der Waals surface area contributed by atoms with Crippen LogP contribution < -0.4 is 21.7 Å². The summed E-state index contributed by atoms with van der Waals surface area (Å²) in [5.74, 6) is 0.330. The first-order chi connectivity index (χ1) is 13.1. The number of thiocarbonyl (C=S) groups is 1. The monoisotopic (exact) mass is 399 g/mol. The van der Waals surface area contributed by atoms with Gasteiger partial charge in [-0.2, -0.15) is 5.10 Å². The summed E-state index contributed by atoms with van der Waals surface area (Å²) in [6.07, 6.45) is 0. The average Bonchev–Trinajstić information content (AvgIpc) is 2.71. The molecular weight excluding hydrogens is 382 g/mol. The van der Waals surface area contributed by atoms with Crippen molar-refractivity contribution in [3.8, 4) is 0 Å². The number of nitrogens with zero attached hydrogens (tertiary/aromatic N) is 1. The van der Waals surface area contributed by atoms with Crippen LogP contribution >= 0.6 is 24.0 Å². The van der Waals surface area contributed by atoms with Gasteiger partial charge in [0, 0.05) is 22.6 Å². The molecule has 3 rings (SSSR count). The molecule has 0 aliphatic rings. The fraction of sp³-hybridized carbons (Fsp3) is 0.111. The first-order valence-electron chi connectivity index (χ1n) is 8.14. The molecule has 9 heteroatoms. The van der Waals surface area contributed by atoms with Crippen LogP contribution in [0.25, 0.3) is 10.8 Å². The molecule has 0 saturated carbocycles. The van der Waals surface area contributed by atoms with Gasteiger partial charge < -0.3 is 5.32 Å². The molecule has 0 bridgehead atoms. The van der Waals surface area contributed by atoms with Crippen molar-refractivity contribution in [1.29, 1.82) is 0 Å². The zero-order chi connectivity index (χ0) is 19.1. The summed E-state index contributed by atoms with van der Waals surface area (Å²) in [5.41, 5.74) is 4.89. The van der Waals surface area contributed by atoms with E-state index in [2.05, 4.69) is 26.4 Å². The Morgan fingerprint density at radius 1 is 1.04 bits per heavy atom. The fourth-order valence-electron chi connectivity index (χ4n) is 2.35. The first-order valence-corrected chi connectivity index (χ1v) is 9.54. The lowest BCUT2D eigenvalue weighted by atomic mass is 10.1. The van der Waals surface area contributed by atoms with Gasteiger partial charge in [0.05, 0.1) is 5.39 Å². The van der Waals surface area contributed by atoms with Gasteiger partial charge in [-0.3, -0.25) is 20.4 Å². The third-order valence-corrected chi connectivity index (χ3v) is 4.86. The number of aromatic amines is 1. The van der Waals surface area contributed by atoms with Crippen molar-refractivity contribution in [1.82, 2.24) is 26.4 Å². The van der Waals surface area contributed by atoms with E-state index in [-0.39, 0.29) is 11.3 Å². The van der Waals surface area contributed by atoms with Crippen molar-refractivity contribution in [3.63, 3.8) is 0 Å². The van der Waals surface area contributed by atoms with Crippen molar-refractivity contribution < 1.29 is 4.79 Å². The molecule has 0 saturated heterocycles. The predicted molar refractivity (Wildman–Crippen MR) is 111 cm³/mol. The number of benzene rings is 2. The van der Waals surface area contributed by atoms with E-state index in [0.29, 0.717) is 22.4 Å². The molecule has 27 heavy (non-hydrogen) atoms. The molecule has 1 amide bonds. The Balaban J connectivity index is 1.48. The van der Waals surface area contributed by atoms with Crippen LogP contribution in [-0.4, -0.2) is 33.5 Å². The highest BCUT2D eigenvalue weighted by molar-refractivity contribution is 7.99. The van der Waals surface area contributed by atoms with Gasteiger partial charge in [0.1, 0.15) is 0 Å². The van der Waals surface area contributed by atoms with E-state index in [1.165, 1.54) is 4.90 Å². The number of amides is 1. The van der Waals surface area contributed by atoms with E-state index in [0.717, 1.165) is 5.75 Å². The third kappa shape index (κ3) is 5.05. The number of hydrogen-bond acceptors (Lipinski definition) is 5. The SMILES string of the molecule is O=C(NNC(=S)NCCSc1ccccc1)c1n[nH]c(=O)c2ccccc12. The molecule has 0 radical (unpaired) electrons. The molecule has 0 fully saturated rings. The van der Waals surface area contributed by atoms with Crippen LogP contribution in [0.4, 0.5) is 0 Å². The Labute approximate surface area is 164 Å². The van der Waals surface area contributed by atoms with Gasteiger partial charge in [-0.05, 0) is 30.4 Å². The van der Waals surface area contributed by atoms with Gasteiger partial charge in [0.15, 0.2) is 10.8 Å². The molecule has 0 aliphatic carbocycles. The molecule has 138 valence electrons.